The molecule has 22 heavy (non-hydrogen) atoms. The fourth-order valence-electron chi connectivity index (χ4n) is 1.54. The normalized spacial score (nSPS) is 9.45. The van der Waals surface area contributed by atoms with E-state index in [1.165, 1.54) is 6.07 Å². The van der Waals surface area contributed by atoms with E-state index in [1.54, 1.807) is 6.07 Å². The number of benzene rings is 1. The Hall–Kier alpha value is -2.78. The van der Waals surface area contributed by atoms with Gasteiger partial charge in [0.25, 0.3) is 0 Å². The Morgan fingerprint density at radius 2 is 1.95 bits per heavy atom. The Morgan fingerprint density at radius 3 is 2.64 bits per heavy atom. The van der Waals surface area contributed by atoms with Gasteiger partial charge in [-0.2, -0.15) is 0 Å². The Kier molecular flexibility index (Phi) is 5.57. The van der Waals surface area contributed by atoms with Crippen LogP contribution in [0.25, 0.3) is 0 Å². The second-order valence-corrected chi connectivity index (χ2v) is 5.27. The van der Waals surface area contributed by atoms with Crippen LogP contribution in [0.15, 0.2) is 42.5 Å². The second-order valence-electron chi connectivity index (χ2n) is 4.19. The number of amides is 1. The highest BCUT2D eigenvalue weighted by Gasteiger charge is 2.05. The largest absolute Gasteiger partial charge is 0.477 e. The maximum Gasteiger partial charge on any atom is 0.408 e. The van der Waals surface area contributed by atoms with Crippen LogP contribution in [0.4, 0.5) is 4.79 Å². The van der Waals surface area contributed by atoms with E-state index >= 15 is 0 Å². The molecule has 0 bridgehead atoms. The summed E-state index contributed by atoms with van der Waals surface area (Å²) in [6, 6.07) is 12.5. The summed E-state index contributed by atoms with van der Waals surface area (Å²) in [5.41, 5.74) is 0.906. The van der Waals surface area contributed by atoms with Gasteiger partial charge in [-0.15, -0.1) is 11.3 Å². The molecule has 2 N–H and O–H groups in total. The smallest absolute Gasteiger partial charge is 0.408 e. The third kappa shape index (κ3) is 4.96. The molecule has 1 amide bonds. The van der Waals surface area contributed by atoms with Crippen molar-refractivity contribution >= 4 is 23.4 Å². The van der Waals surface area contributed by atoms with Crippen LogP contribution in [0.5, 0.6) is 0 Å². The third-order valence-corrected chi connectivity index (χ3v) is 3.55. The average molecular weight is 315 g/mol. The molecule has 0 unspecified atom stereocenters. The van der Waals surface area contributed by atoms with Gasteiger partial charge in [-0.25, -0.2) is 9.59 Å². The maximum absolute atomic E-state index is 11.4. The third-order valence-electron chi connectivity index (χ3n) is 2.56. The van der Waals surface area contributed by atoms with Crippen LogP contribution in [0, 0.1) is 11.8 Å². The number of ether oxygens (including phenoxy) is 1. The van der Waals surface area contributed by atoms with E-state index in [4.69, 9.17) is 9.84 Å². The molecule has 0 fully saturated rings. The Balaban J connectivity index is 1.73. The van der Waals surface area contributed by atoms with E-state index in [9.17, 15) is 9.59 Å². The van der Waals surface area contributed by atoms with E-state index in [2.05, 4.69) is 17.2 Å². The molecule has 0 spiro atoms. The van der Waals surface area contributed by atoms with E-state index in [-0.39, 0.29) is 18.0 Å². The topological polar surface area (TPSA) is 75.6 Å². The number of rotatable bonds is 4. The van der Waals surface area contributed by atoms with Crippen molar-refractivity contribution in [2.24, 2.45) is 0 Å². The number of carbonyl (C=O) groups excluding carboxylic acids is 1. The predicted octanol–water partition coefficient (Wildman–Crippen LogP) is 2.72. The number of thiophene rings is 1. The van der Waals surface area contributed by atoms with E-state index < -0.39 is 12.1 Å². The van der Waals surface area contributed by atoms with Gasteiger partial charge in [0.2, 0.25) is 0 Å². The van der Waals surface area contributed by atoms with E-state index in [0.717, 1.165) is 16.9 Å². The molecule has 5 nitrogen and oxygen atoms in total. The molecule has 0 radical (unpaired) electrons. The predicted molar refractivity (Wildman–Crippen MR) is 82.8 cm³/mol. The molecular weight excluding hydrogens is 302 g/mol. The number of alkyl carbamates (subject to hydrolysis) is 1. The molecule has 0 aliphatic heterocycles. The van der Waals surface area contributed by atoms with Crippen LogP contribution >= 0.6 is 11.3 Å². The van der Waals surface area contributed by atoms with Crippen molar-refractivity contribution in [3.05, 3.63) is 57.8 Å². The summed E-state index contributed by atoms with van der Waals surface area (Å²) in [6.45, 7) is 0.334. The number of carboxylic acids is 1. The van der Waals surface area contributed by atoms with Crippen LogP contribution in [-0.4, -0.2) is 23.7 Å². The highest BCUT2D eigenvalue weighted by atomic mass is 32.1. The monoisotopic (exact) mass is 315 g/mol. The molecule has 0 saturated carbocycles. The van der Waals surface area contributed by atoms with E-state index in [1.807, 2.05) is 30.3 Å². The number of carbonyl (C=O) groups is 2. The summed E-state index contributed by atoms with van der Waals surface area (Å²) in [5.74, 6) is 4.55. The quantitative estimate of drug-likeness (QED) is 0.851. The molecule has 1 aromatic heterocycles. The first-order valence-corrected chi connectivity index (χ1v) is 7.23. The molecule has 0 atom stereocenters. The molecule has 0 aliphatic rings. The summed E-state index contributed by atoms with van der Waals surface area (Å²) >= 11 is 1.09. The SMILES string of the molecule is O=C(NCC#Cc1ccc(C(=O)O)s1)OCc1ccccc1. The lowest BCUT2D eigenvalue weighted by Crippen LogP contribution is -2.24. The first-order valence-electron chi connectivity index (χ1n) is 6.41. The summed E-state index contributed by atoms with van der Waals surface area (Å²) in [5, 5.41) is 11.3. The number of nitrogens with one attached hydrogen (secondary N) is 1. The minimum absolute atomic E-state index is 0.133. The first kappa shape index (κ1) is 15.6. The average Bonchev–Trinajstić information content (AvgIpc) is 3.00. The van der Waals surface area contributed by atoms with Crippen molar-refractivity contribution < 1.29 is 19.4 Å². The van der Waals surface area contributed by atoms with Gasteiger partial charge in [-0.1, -0.05) is 42.2 Å². The molecule has 1 aromatic carbocycles. The van der Waals surface area contributed by atoms with Crippen LogP contribution in [0.3, 0.4) is 0 Å². The van der Waals surface area contributed by atoms with Gasteiger partial charge in [-0.3, -0.25) is 0 Å². The van der Waals surface area contributed by atoms with Gasteiger partial charge >= 0.3 is 12.1 Å². The molecule has 1 heterocycles. The fourth-order valence-corrected chi connectivity index (χ4v) is 2.26. The van der Waals surface area contributed by atoms with Gasteiger partial charge < -0.3 is 15.2 Å². The number of hydrogen-bond acceptors (Lipinski definition) is 4. The number of hydrogen-bond donors (Lipinski definition) is 2. The van der Waals surface area contributed by atoms with E-state index in [0.29, 0.717) is 4.88 Å². The minimum Gasteiger partial charge on any atom is -0.477 e. The number of carboxylic acid groups (broad SMARTS) is 1. The molecule has 0 saturated heterocycles. The van der Waals surface area contributed by atoms with Gasteiger partial charge in [0.1, 0.15) is 11.5 Å². The Morgan fingerprint density at radius 1 is 1.18 bits per heavy atom. The van der Waals surface area contributed by atoms with Crippen molar-refractivity contribution in [3.8, 4) is 11.8 Å². The summed E-state index contributed by atoms with van der Waals surface area (Å²) in [7, 11) is 0. The highest BCUT2D eigenvalue weighted by molar-refractivity contribution is 7.14. The zero-order chi connectivity index (χ0) is 15.8. The zero-order valence-electron chi connectivity index (χ0n) is 11.5. The zero-order valence-corrected chi connectivity index (χ0v) is 12.4. The molecule has 2 rings (SSSR count). The lowest BCUT2D eigenvalue weighted by molar-refractivity contribution is 0.0702. The summed E-state index contributed by atoms with van der Waals surface area (Å²) in [6.07, 6.45) is -0.546. The highest BCUT2D eigenvalue weighted by Crippen LogP contribution is 2.14. The number of aromatic carboxylic acids is 1. The van der Waals surface area contributed by atoms with Crippen molar-refractivity contribution in [1.29, 1.82) is 0 Å². The van der Waals surface area contributed by atoms with Gasteiger partial charge in [0.05, 0.1) is 11.4 Å². The molecular formula is C16H13NO4S. The minimum atomic E-state index is -0.972. The van der Waals surface area contributed by atoms with Crippen LogP contribution in [-0.2, 0) is 11.3 Å². The van der Waals surface area contributed by atoms with Gasteiger partial charge in [0.15, 0.2) is 0 Å². The Bertz CT molecular complexity index is 712. The first-order chi connectivity index (χ1) is 10.6. The van der Waals surface area contributed by atoms with Crippen molar-refractivity contribution in [2.45, 2.75) is 6.61 Å². The van der Waals surface area contributed by atoms with Crippen molar-refractivity contribution in [1.82, 2.24) is 5.32 Å². The molecule has 0 aliphatic carbocycles. The summed E-state index contributed by atoms with van der Waals surface area (Å²) in [4.78, 5) is 23.0. The maximum atomic E-state index is 11.4. The molecule has 112 valence electrons. The lowest BCUT2D eigenvalue weighted by Gasteiger charge is -2.04. The lowest BCUT2D eigenvalue weighted by atomic mass is 10.2. The molecule has 6 heteroatoms. The summed E-state index contributed by atoms with van der Waals surface area (Å²) < 4.78 is 5.02. The van der Waals surface area contributed by atoms with Crippen molar-refractivity contribution in [2.75, 3.05) is 6.54 Å². The molecule has 2 aromatic rings. The van der Waals surface area contributed by atoms with Gasteiger partial charge in [0, 0.05) is 0 Å². The Labute approximate surface area is 131 Å². The second kappa shape index (κ2) is 7.86. The fraction of sp³-hybridized carbons (Fsp3) is 0.125. The van der Waals surface area contributed by atoms with Crippen LogP contribution in [0.2, 0.25) is 0 Å². The standard InChI is InChI=1S/C16H13NO4S/c18-15(19)14-9-8-13(22-14)7-4-10-17-16(20)21-11-12-5-2-1-3-6-12/h1-3,5-6,8-9H,10-11H2,(H,17,20)(H,18,19). The van der Waals surface area contributed by atoms with Crippen LogP contribution < -0.4 is 5.32 Å². The van der Waals surface area contributed by atoms with Gasteiger partial charge in [-0.05, 0) is 17.7 Å². The van der Waals surface area contributed by atoms with Crippen LogP contribution in [0.1, 0.15) is 20.1 Å². The van der Waals surface area contributed by atoms with Crippen molar-refractivity contribution in [3.63, 3.8) is 0 Å².